The quantitative estimate of drug-likeness (QED) is 0.137. The Hall–Kier alpha value is -5.65. The maximum atomic E-state index is 14.2. The SMILES string of the molecule is COC(=O)N[C@H](C(=O)N1C[C@@H](SC)C[C@H]1C1=NC=C(c2ccc(-c3ccc(-c4nc([C@@H]5CCCN5C(=O)[C@@H](C)c5ccccc5)[nH]c4Cl)cc3)cc2)C1)c1ccccc1. The molecule has 0 bridgehead atoms. The first-order valence-corrected chi connectivity index (χ1v) is 21.7. The summed E-state index contributed by atoms with van der Waals surface area (Å²) in [5.74, 6) is 0.397. The van der Waals surface area contributed by atoms with Gasteiger partial charge in [-0.1, -0.05) is 121 Å². The molecular formula is C47H47ClN6O4S. The van der Waals surface area contributed by atoms with E-state index in [1.807, 2.05) is 95.7 Å². The minimum Gasteiger partial charge on any atom is -0.453 e. The number of hydrogen-bond donors (Lipinski definition) is 2. The van der Waals surface area contributed by atoms with E-state index < -0.39 is 12.1 Å². The van der Waals surface area contributed by atoms with Gasteiger partial charge in [-0.25, -0.2) is 9.78 Å². The third-order valence-corrected chi connectivity index (χ3v) is 13.1. The Morgan fingerprint density at radius 2 is 1.46 bits per heavy atom. The highest BCUT2D eigenvalue weighted by molar-refractivity contribution is 7.99. The lowest BCUT2D eigenvalue weighted by atomic mass is 9.96. The van der Waals surface area contributed by atoms with E-state index in [1.54, 1.807) is 11.8 Å². The van der Waals surface area contributed by atoms with E-state index in [-0.39, 0.29) is 35.1 Å². The molecule has 3 aliphatic rings. The Morgan fingerprint density at radius 1 is 0.831 bits per heavy atom. The van der Waals surface area contributed by atoms with Crippen LogP contribution < -0.4 is 5.32 Å². The van der Waals surface area contributed by atoms with Crippen molar-refractivity contribution in [1.29, 1.82) is 0 Å². The number of nitrogens with one attached hydrogen (secondary N) is 2. The number of allylic oxidation sites excluding steroid dienone is 1. The second kappa shape index (κ2) is 17.7. The van der Waals surface area contributed by atoms with Crippen LogP contribution in [0.4, 0.5) is 4.79 Å². The molecule has 0 radical (unpaired) electrons. The van der Waals surface area contributed by atoms with Gasteiger partial charge in [-0.2, -0.15) is 11.8 Å². The number of carbonyl (C=O) groups excluding carboxylic acids is 3. The minimum absolute atomic E-state index is 0.0978. The molecule has 5 aromatic rings. The van der Waals surface area contributed by atoms with Crippen molar-refractivity contribution in [3.05, 3.63) is 143 Å². The fraction of sp³-hybridized carbons (Fsp3) is 0.298. The number of benzene rings is 4. The highest BCUT2D eigenvalue weighted by Gasteiger charge is 2.42. The van der Waals surface area contributed by atoms with Crippen molar-refractivity contribution < 1.29 is 19.1 Å². The summed E-state index contributed by atoms with van der Waals surface area (Å²) in [5.41, 5.74) is 8.51. The lowest BCUT2D eigenvalue weighted by Crippen LogP contribution is -2.47. The number of aromatic amines is 1. The van der Waals surface area contributed by atoms with E-state index in [0.717, 1.165) is 58.4 Å². The van der Waals surface area contributed by atoms with E-state index in [2.05, 4.69) is 53.0 Å². The predicted molar refractivity (Wildman–Crippen MR) is 235 cm³/mol. The number of likely N-dealkylation sites (tertiary alicyclic amines) is 2. The van der Waals surface area contributed by atoms with Crippen LogP contribution in [0, 0.1) is 0 Å². The number of aliphatic imine (C=N–C) groups is 1. The molecule has 4 aromatic carbocycles. The summed E-state index contributed by atoms with van der Waals surface area (Å²) in [7, 11) is 1.30. The first kappa shape index (κ1) is 40.1. The molecule has 3 aliphatic heterocycles. The molecule has 1 aromatic heterocycles. The summed E-state index contributed by atoms with van der Waals surface area (Å²) in [6.45, 7) is 3.23. The molecule has 5 atom stereocenters. The van der Waals surface area contributed by atoms with Crippen LogP contribution in [0.5, 0.6) is 0 Å². The summed E-state index contributed by atoms with van der Waals surface area (Å²) in [6, 6.07) is 34.6. The van der Waals surface area contributed by atoms with Crippen LogP contribution in [-0.4, -0.2) is 81.1 Å². The molecule has 2 saturated heterocycles. The zero-order valence-corrected chi connectivity index (χ0v) is 34.9. The molecule has 8 rings (SSSR count). The van der Waals surface area contributed by atoms with Crippen LogP contribution in [0.2, 0.25) is 5.15 Å². The zero-order valence-electron chi connectivity index (χ0n) is 33.3. The Balaban J connectivity index is 0.923. The van der Waals surface area contributed by atoms with Crippen molar-refractivity contribution in [3.8, 4) is 22.4 Å². The van der Waals surface area contributed by atoms with Gasteiger partial charge in [0.05, 0.1) is 25.1 Å². The maximum absolute atomic E-state index is 14.2. The van der Waals surface area contributed by atoms with Crippen LogP contribution in [-0.2, 0) is 14.3 Å². The monoisotopic (exact) mass is 826 g/mol. The van der Waals surface area contributed by atoms with Crippen molar-refractivity contribution in [1.82, 2.24) is 25.1 Å². The number of amides is 3. The van der Waals surface area contributed by atoms with E-state index in [4.69, 9.17) is 26.3 Å². The zero-order chi connectivity index (χ0) is 41.0. The van der Waals surface area contributed by atoms with Crippen molar-refractivity contribution in [2.24, 2.45) is 4.99 Å². The van der Waals surface area contributed by atoms with Gasteiger partial charge >= 0.3 is 6.09 Å². The fourth-order valence-electron chi connectivity index (χ4n) is 8.49. The van der Waals surface area contributed by atoms with E-state index in [0.29, 0.717) is 41.7 Å². The van der Waals surface area contributed by atoms with Gasteiger partial charge in [0, 0.05) is 42.2 Å². The van der Waals surface area contributed by atoms with Crippen LogP contribution in [0.15, 0.2) is 120 Å². The smallest absolute Gasteiger partial charge is 0.407 e. The number of thioether (sulfide) groups is 1. The minimum atomic E-state index is -0.870. The van der Waals surface area contributed by atoms with Crippen LogP contribution >= 0.6 is 23.4 Å². The highest BCUT2D eigenvalue weighted by Crippen LogP contribution is 2.38. The van der Waals surface area contributed by atoms with Gasteiger partial charge in [0.1, 0.15) is 22.7 Å². The van der Waals surface area contributed by atoms with Gasteiger partial charge in [0.2, 0.25) is 5.91 Å². The number of carbonyl (C=O) groups is 3. The van der Waals surface area contributed by atoms with Gasteiger partial charge < -0.3 is 24.8 Å². The Kier molecular flexibility index (Phi) is 12.0. The van der Waals surface area contributed by atoms with E-state index in [1.165, 1.54) is 7.11 Å². The van der Waals surface area contributed by atoms with Crippen molar-refractivity contribution in [2.75, 3.05) is 26.5 Å². The summed E-state index contributed by atoms with van der Waals surface area (Å²) in [5, 5.41) is 3.47. The largest absolute Gasteiger partial charge is 0.453 e. The van der Waals surface area contributed by atoms with E-state index in [9.17, 15) is 14.4 Å². The van der Waals surface area contributed by atoms with Crippen LogP contribution in [0.3, 0.4) is 0 Å². The third kappa shape index (κ3) is 8.45. The normalized spacial score (nSPS) is 19.9. The summed E-state index contributed by atoms with van der Waals surface area (Å²) in [4.78, 5) is 57.0. The summed E-state index contributed by atoms with van der Waals surface area (Å²) >= 11 is 8.50. The number of halogens is 1. The Labute approximate surface area is 354 Å². The topological polar surface area (TPSA) is 120 Å². The molecule has 0 spiro atoms. The lowest BCUT2D eigenvalue weighted by Gasteiger charge is -2.29. The number of aromatic nitrogens is 2. The third-order valence-electron chi connectivity index (χ3n) is 11.8. The summed E-state index contributed by atoms with van der Waals surface area (Å²) < 4.78 is 4.88. The molecule has 2 N–H and O–H groups in total. The Morgan fingerprint density at radius 3 is 2.10 bits per heavy atom. The first-order valence-electron chi connectivity index (χ1n) is 20.0. The summed E-state index contributed by atoms with van der Waals surface area (Å²) in [6.07, 6.45) is 6.50. The molecule has 10 nitrogen and oxygen atoms in total. The predicted octanol–water partition coefficient (Wildman–Crippen LogP) is 9.48. The van der Waals surface area contributed by atoms with Gasteiger partial charge in [-0.15, -0.1) is 0 Å². The molecule has 4 heterocycles. The number of nitrogens with zero attached hydrogens (tertiary/aromatic N) is 4. The fourth-order valence-corrected chi connectivity index (χ4v) is 9.43. The molecule has 0 unspecified atom stereocenters. The molecule has 2 fully saturated rings. The molecule has 3 amide bonds. The Bertz CT molecular complexity index is 2370. The number of alkyl carbamates (subject to hydrolysis) is 1. The standard InChI is InChI=1S/C47H47ClN6O4S/c1-29(30-11-6-4-7-12-30)45(55)53-24-10-15-39(53)44-50-41(43(48)52-44)35-22-20-32(21-23-35)31-16-18-33(19-17-31)36-25-38(49-27-36)40-26-37(59-3)28-54(40)46(56)42(51-47(57)58-2)34-13-8-5-9-14-34/h4-9,11-14,16-23,27,29,37,39-40,42H,10,15,24-26,28H2,1-3H3,(H,50,52)(H,51,57)/t29-,37-,39-,40-,42-/m0/s1. The van der Waals surface area contributed by atoms with Gasteiger partial charge in [0.15, 0.2) is 0 Å². The van der Waals surface area contributed by atoms with Crippen molar-refractivity contribution in [3.63, 3.8) is 0 Å². The number of ether oxygens (including phenoxy) is 1. The number of hydrogen-bond acceptors (Lipinski definition) is 7. The van der Waals surface area contributed by atoms with Gasteiger partial charge in [-0.3, -0.25) is 14.6 Å². The molecule has 302 valence electrons. The van der Waals surface area contributed by atoms with Crippen molar-refractivity contribution in [2.45, 2.75) is 61.9 Å². The maximum Gasteiger partial charge on any atom is 0.407 e. The molecule has 59 heavy (non-hydrogen) atoms. The average molecular weight is 827 g/mol. The molecule has 0 saturated carbocycles. The average Bonchev–Trinajstić information content (AvgIpc) is 4.12. The van der Waals surface area contributed by atoms with Gasteiger partial charge in [-0.05, 0) is 65.8 Å². The number of H-pyrrole nitrogens is 1. The number of imidazole rings is 1. The highest BCUT2D eigenvalue weighted by atomic mass is 35.5. The molecule has 0 aliphatic carbocycles. The molecule has 12 heteroatoms. The number of rotatable bonds is 11. The first-order chi connectivity index (χ1) is 28.7. The second-order valence-corrected chi connectivity index (χ2v) is 16.8. The van der Waals surface area contributed by atoms with E-state index >= 15 is 0 Å². The second-order valence-electron chi connectivity index (χ2n) is 15.3. The lowest BCUT2D eigenvalue weighted by molar-refractivity contribution is -0.134. The molecular weight excluding hydrogens is 780 g/mol. The van der Waals surface area contributed by atoms with Crippen LogP contribution in [0.25, 0.3) is 28.0 Å². The van der Waals surface area contributed by atoms with Gasteiger partial charge in [0.25, 0.3) is 5.91 Å². The van der Waals surface area contributed by atoms with Crippen LogP contribution in [0.1, 0.15) is 73.1 Å². The van der Waals surface area contributed by atoms with Crippen molar-refractivity contribution >= 4 is 52.6 Å². The number of methoxy groups -OCH3 is 1.